The Kier molecular flexibility index (Phi) is 1.95. The highest BCUT2D eigenvalue weighted by Gasteiger charge is 2.49. The SMILES string of the molecule is Cn1ncc([N+](=O)[O-])c1C1CC1C(=O)O. The molecule has 0 amide bonds. The van der Waals surface area contributed by atoms with E-state index in [1.807, 2.05) is 0 Å². The van der Waals surface area contributed by atoms with Crippen LogP contribution in [0.25, 0.3) is 0 Å². The number of nitro groups is 1. The van der Waals surface area contributed by atoms with Crippen molar-refractivity contribution in [3.63, 3.8) is 0 Å². The Morgan fingerprint density at radius 2 is 2.47 bits per heavy atom. The maximum Gasteiger partial charge on any atom is 0.310 e. The van der Waals surface area contributed by atoms with Gasteiger partial charge in [0.05, 0.1) is 10.8 Å². The third-order valence-corrected chi connectivity index (χ3v) is 2.62. The lowest BCUT2D eigenvalue weighted by atomic mass is 10.2. The minimum absolute atomic E-state index is 0.0914. The number of hydrogen-bond donors (Lipinski definition) is 1. The average Bonchev–Trinajstić information content (AvgIpc) is 2.83. The number of aromatic nitrogens is 2. The van der Waals surface area contributed by atoms with Crippen LogP contribution < -0.4 is 0 Å². The third-order valence-electron chi connectivity index (χ3n) is 2.62. The highest BCUT2D eigenvalue weighted by atomic mass is 16.6. The monoisotopic (exact) mass is 211 g/mol. The summed E-state index contributed by atoms with van der Waals surface area (Å²) in [6.07, 6.45) is 1.61. The second-order valence-electron chi connectivity index (χ2n) is 3.58. The molecule has 1 aromatic rings. The molecule has 0 aliphatic heterocycles. The molecule has 1 aromatic heterocycles. The van der Waals surface area contributed by atoms with Gasteiger partial charge in [0.1, 0.15) is 11.9 Å². The molecule has 80 valence electrons. The average molecular weight is 211 g/mol. The van der Waals surface area contributed by atoms with Gasteiger partial charge in [0, 0.05) is 13.0 Å². The highest BCUT2D eigenvalue weighted by Crippen LogP contribution is 2.49. The van der Waals surface area contributed by atoms with Gasteiger partial charge >= 0.3 is 11.7 Å². The van der Waals surface area contributed by atoms with Gasteiger partial charge in [0.2, 0.25) is 0 Å². The van der Waals surface area contributed by atoms with E-state index in [1.54, 1.807) is 7.05 Å². The van der Waals surface area contributed by atoms with Crippen molar-refractivity contribution in [1.29, 1.82) is 0 Å². The molecule has 2 rings (SSSR count). The van der Waals surface area contributed by atoms with Crippen molar-refractivity contribution in [1.82, 2.24) is 9.78 Å². The summed E-state index contributed by atoms with van der Waals surface area (Å²) in [6.45, 7) is 0. The number of hydrogen-bond acceptors (Lipinski definition) is 4. The van der Waals surface area contributed by atoms with Crippen LogP contribution in [0.3, 0.4) is 0 Å². The topological polar surface area (TPSA) is 98.3 Å². The minimum Gasteiger partial charge on any atom is -0.481 e. The van der Waals surface area contributed by atoms with E-state index in [-0.39, 0.29) is 11.6 Å². The maximum atomic E-state index is 10.7. The summed E-state index contributed by atoms with van der Waals surface area (Å²) in [4.78, 5) is 20.8. The number of carboxylic acid groups (broad SMARTS) is 1. The smallest absolute Gasteiger partial charge is 0.310 e. The Hall–Kier alpha value is -1.92. The highest BCUT2D eigenvalue weighted by molar-refractivity contribution is 5.75. The van der Waals surface area contributed by atoms with Gasteiger partial charge in [-0.3, -0.25) is 19.6 Å². The van der Waals surface area contributed by atoms with Crippen molar-refractivity contribution in [2.45, 2.75) is 12.3 Å². The number of aliphatic carboxylic acids is 1. The molecule has 0 spiro atoms. The molecular weight excluding hydrogens is 202 g/mol. The van der Waals surface area contributed by atoms with E-state index in [4.69, 9.17) is 5.11 Å². The van der Waals surface area contributed by atoms with Crippen LogP contribution in [-0.4, -0.2) is 25.8 Å². The standard InChI is InChI=1S/C8H9N3O4/c1-10-7(4-2-5(4)8(12)13)6(3-9-10)11(14)15/h3-5H,2H2,1H3,(H,12,13). The van der Waals surface area contributed by atoms with Crippen molar-refractivity contribution >= 4 is 11.7 Å². The first-order chi connectivity index (χ1) is 7.02. The van der Waals surface area contributed by atoms with Gasteiger partial charge in [0.15, 0.2) is 0 Å². The molecule has 0 radical (unpaired) electrons. The number of carboxylic acids is 1. The molecule has 0 bridgehead atoms. The van der Waals surface area contributed by atoms with Gasteiger partial charge in [-0.2, -0.15) is 5.10 Å². The molecule has 1 saturated carbocycles. The van der Waals surface area contributed by atoms with Gasteiger partial charge in [-0.1, -0.05) is 0 Å². The molecule has 0 aromatic carbocycles. The summed E-state index contributed by atoms with van der Waals surface area (Å²) < 4.78 is 1.38. The molecule has 1 heterocycles. The second-order valence-corrected chi connectivity index (χ2v) is 3.58. The van der Waals surface area contributed by atoms with E-state index in [1.165, 1.54) is 4.68 Å². The molecule has 15 heavy (non-hydrogen) atoms. The van der Waals surface area contributed by atoms with Crippen LogP contribution in [0.5, 0.6) is 0 Å². The fraction of sp³-hybridized carbons (Fsp3) is 0.500. The van der Waals surface area contributed by atoms with Gasteiger partial charge in [-0.25, -0.2) is 0 Å². The lowest BCUT2D eigenvalue weighted by Crippen LogP contribution is -2.04. The van der Waals surface area contributed by atoms with Crippen LogP contribution in [0.4, 0.5) is 5.69 Å². The molecule has 7 heteroatoms. The molecule has 2 unspecified atom stereocenters. The van der Waals surface area contributed by atoms with Crippen LogP contribution in [0.2, 0.25) is 0 Å². The van der Waals surface area contributed by atoms with Crippen molar-refractivity contribution in [3.05, 3.63) is 22.0 Å². The summed E-state index contributed by atoms with van der Waals surface area (Å²) in [7, 11) is 1.58. The zero-order chi connectivity index (χ0) is 11.2. The third kappa shape index (κ3) is 1.45. The lowest BCUT2D eigenvalue weighted by molar-refractivity contribution is -0.385. The van der Waals surface area contributed by atoms with Crippen LogP contribution in [-0.2, 0) is 11.8 Å². The molecule has 1 aliphatic carbocycles. The number of aryl methyl sites for hydroxylation is 1. The fourth-order valence-corrected chi connectivity index (χ4v) is 1.78. The summed E-state index contributed by atoms with van der Waals surface area (Å²) in [6, 6.07) is 0. The van der Waals surface area contributed by atoms with Crippen molar-refractivity contribution in [2.24, 2.45) is 13.0 Å². The Labute approximate surface area is 84.5 Å². The summed E-state index contributed by atoms with van der Waals surface area (Å²) in [5.74, 6) is -1.68. The fourth-order valence-electron chi connectivity index (χ4n) is 1.78. The van der Waals surface area contributed by atoms with E-state index < -0.39 is 16.8 Å². The Morgan fingerprint density at radius 3 is 2.93 bits per heavy atom. The van der Waals surface area contributed by atoms with Crippen LogP contribution >= 0.6 is 0 Å². The number of carbonyl (C=O) groups is 1. The van der Waals surface area contributed by atoms with Crippen LogP contribution in [0.15, 0.2) is 6.20 Å². The first-order valence-electron chi connectivity index (χ1n) is 4.41. The van der Waals surface area contributed by atoms with E-state index in [0.29, 0.717) is 12.1 Å². The zero-order valence-electron chi connectivity index (χ0n) is 7.95. The normalized spacial score (nSPS) is 23.8. The predicted octanol–water partition coefficient (Wildman–Crippen LogP) is 0.516. The number of rotatable bonds is 3. The molecule has 1 N–H and O–H groups in total. The van der Waals surface area contributed by atoms with E-state index in [0.717, 1.165) is 6.20 Å². The van der Waals surface area contributed by atoms with Crippen LogP contribution in [0.1, 0.15) is 18.0 Å². The molecule has 1 fully saturated rings. The van der Waals surface area contributed by atoms with Gasteiger partial charge in [-0.15, -0.1) is 0 Å². The maximum absolute atomic E-state index is 10.7. The number of nitrogens with zero attached hydrogens (tertiary/aromatic N) is 3. The Balaban J connectivity index is 2.33. The van der Waals surface area contributed by atoms with E-state index >= 15 is 0 Å². The first kappa shape index (κ1) is 9.63. The molecule has 7 nitrogen and oxygen atoms in total. The van der Waals surface area contributed by atoms with E-state index in [2.05, 4.69) is 5.10 Å². The predicted molar refractivity (Wildman–Crippen MR) is 48.3 cm³/mol. The molecular formula is C8H9N3O4. The second kappa shape index (κ2) is 3.04. The molecule has 2 atom stereocenters. The molecule has 0 saturated heterocycles. The largest absolute Gasteiger partial charge is 0.481 e. The van der Waals surface area contributed by atoms with Gasteiger partial charge in [0.25, 0.3) is 0 Å². The van der Waals surface area contributed by atoms with Crippen molar-refractivity contribution < 1.29 is 14.8 Å². The van der Waals surface area contributed by atoms with Crippen molar-refractivity contribution in [2.75, 3.05) is 0 Å². The van der Waals surface area contributed by atoms with Gasteiger partial charge in [-0.05, 0) is 6.42 Å². The Bertz CT molecular complexity index is 439. The summed E-state index contributed by atoms with van der Waals surface area (Å²) in [5.41, 5.74) is 0.318. The first-order valence-corrected chi connectivity index (χ1v) is 4.41. The lowest BCUT2D eigenvalue weighted by Gasteiger charge is -1.98. The minimum atomic E-state index is -0.907. The quantitative estimate of drug-likeness (QED) is 0.580. The summed E-state index contributed by atoms with van der Waals surface area (Å²) >= 11 is 0. The summed E-state index contributed by atoms with van der Waals surface area (Å²) in [5, 5.41) is 23.2. The van der Waals surface area contributed by atoms with Crippen molar-refractivity contribution in [3.8, 4) is 0 Å². The Morgan fingerprint density at radius 1 is 1.80 bits per heavy atom. The van der Waals surface area contributed by atoms with Crippen LogP contribution in [0, 0.1) is 16.0 Å². The zero-order valence-corrected chi connectivity index (χ0v) is 7.95. The molecule has 1 aliphatic rings. The van der Waals surface area contributed by atoms with E-state index in [9.17, 15) is 14.9 Å². The van der Waals surface area contributed by atoms with Gasteiger partial charge < -0.3 is 5.11 Å².